The second-order valence-electron chi connectivity index (χ2n) is 5.55. The molecule has 1 aromatic carbocycles. The minimum absolute atomic E-state index is 0.148. The van der Waals surface area contributed by atoms with Gasteiger partial charge in [-0.2, -0.15) is 0 Å². The molecule has 3 heterocycles. The predicted molar refractivity (Wildman–Crippen MR) is 92.2 cm³/mol. The van der Waals surface area contributed by atoms with Crippen LogP contribution in [0.2, 0.25) is 0 Å². The van der Waals surface area contributed by atoms with E-state index in [1.54, 1.807) is 30.4 Å². The quantitative estimate of drug-likeness (QED) is 0.901. The van der Waals surface area contributed by atoms with Gasteiger partial charge < -0.3 is 5.11 Å². The number of hydrogen-bond acceptors (Lipinski definition) is 7. The highest BCUT2D eigenvalue weighted by Crippen LogP contribution is 2.48. The standard InChI is InChI=1S/C15H16N4O2S2/c1-10(14(20)21)17-8-18-12-7-22-13(11-5-3-2-4-6-11)19(12)16-15(18)23-9-17/h2-7,10,13H,8-9H2,1H3,(H,20,21). The van der Waals surface area contributed by atoms with E-state index in [4.69, 9.17) is 5.10 Å². The van der Waals surface area contributed by atoms with E-state index in [0.717, 1.165) is 11.0 Å². The van der Waals surface area contributed by atoms with E-state index in [0.29, 0.717) is 12.5 Å². The number of fused-ring (bicyclic) bond motifs is 3. The van der Waals surface area contributed by atoms with Crippen molar-refractivity contribution in [1.29, 1.82) is 0 Å². The van der Waals surface area contributed by atoms with Crippen molar-refractivity contribution >= 4 is 34.7 Å². The molecule has 1 fully saturated rings. The number of hydrazone groups is 1. The number of carbonyl (C=O) groups is 1. The molecule has 1 saturated heterocycles. The molecular weight excluding hydrogens is 332 g/mol. The van der Waals surface area contributed by atoms with Crippen molar-refractivity contribution < 1.29 is 9.90 Å². The van der Waals surface area contributed by atoms with Crippen molar-refractivity contribution in [1.82, 2.24) is 14.8 Å². The molecule has 1 N–H and O–H groups in total. The number of nitrogens with zero attached hydrogens (tertiary/aromatic N) is 4. The summed E-state index contributed by atoms with van der Waals surface area (Å²) < 4.78 is 0. The number of hydrogen-bond donors (Lipinski definition) is 1. The predicted octanol–water partition coefficient (Wildman–Crippen LogP) is 2.56. The first-order valence-electron chi connectivity index (χ1n) is 7.31. The Morgan fingerprint density at radius 3 is 2.91 bits per heavy atom. The number of aliphatic carboxylic acids is 1. The van der Waals surface area contributed by atoms with Gasteiger partial charge in [-0.25, -0.2) is 5.01 Å². The molecular formula is C15H16N4O2S2. The normalized spacial score (nSPS) is 24.8. The summed E-state index contributed by atoms with van der Waals surface area (Å²) in [5.41, 5.74) is 1.22. The highest BCUT2D eigenvalue weighted by Gasteiger charge is 2.42. The average Bonchev–Trinajstić information content (AvgIpc) is 3.13. The Hall–Kier alpha value is -1.64. The van der Waals surface area contributed by atoms with E-state index in [1.165, 1.54) is 5.56 Å². The Bertz CT molecular complexity index is 694. The summed E-state index contributed by atoms with van der Waals surface area (Å²) in [5, 5.41) is 19.2. The molecule has 0 spiro atoms. The number of amidine groups is 1. The van der Waals surface area contributed by atoms with E-state index in [-0.39, 0.29) is 5.37 Å². The SMILES string of the molecule is CC(C(=O)O)N1CSC2=NN3C(=CSC3c3ccccc3)N2C1. The monoisotopic (exact) mass is 348 g/mol. The molecule has 8 heteroatoms. The van der Waals surface area contributed by atoms with Crippen molar-refractivity contribution in [2.24, 2.45) is 5.10 Å². The fraction of sp³-hybridized carbons (Fsp3) is 0.333. The smallest absolute Gasteiger partial charge is 0.320 e. The van der Waals surface area contributed by atoms with Crippen molar-refractivity contribution in [3.05, 3.63) is 47.1 Å². The first kappa shape index (κ1) is 14.9. The molecule has 0 amide bonds. The fourth-order valence-electron chi connectivity index (χ4n) is 2.72. The Morgan fingerprint density at radius 1 is 1.39 bits per heavy atom. The van der Waals surface area contributed by atoms with Crippen LogP contribution in [0.1, 0.15) is 17.9 Å². The summed E-state index contributed by atoms with van der Waals surface area (Å²) in [6.45, 7) is 2.28. The van der Waals surface area contributed by atoms with Crippen LogP contribution < -0.4 is 0 Å². The second kappa shape index (κ2) is 5.77. The number of benzene rings is 1. The van der Waals surface area contributed by atoms with Crippen molar-refractivity contribution in [3.63, 3.8) is 0 Å². The van der Waals surface area contributed by atoms with Crippen LogP contribution in [-0.2, 0) is 4.79 Å². The van der Waals surface area contributed by atoms with Crippen LogP contribution in [-0.4, -0.2) is 49.6 Å². The number of carboxylic acids is 1. The van der Waals surface area contributed by atoms with Gasteiger partial charge in [0.05, 0.1) is 12.5 Å². The average molecular weight is 348 g/mol. The van der Waals surface area contributed by atoms with Gasteiger partial charge in [0, 0.05) is 5.41 Å². The minimum atomic E-state index is -0.793. The Labute approximate surface area is 142 Å². The first-order valence-corrected chi connectivity index (χ1v) is 9.23. The molecule has 0 aliphatic carbocycles. The fourth-order valence-corrected chi connectivity index (χ4v) is 4.83. The van der Waals surface area contributed by atoms with Crippen LogP contribution in [0.4, 0.5) is 0 Å². The molecule has 23 heavy (non-hydrogen) atoms. The third kappa shape index (κ3) is 2.50. The summed E-state index contributed by atoms with van der Waals surface area (Å²) in [6.07, 6.45) is 0. The van der Waals surface area contributed by atoms with Gasteiger partial charge in [0.1, 0.15) is 17.2 Å². The number of carboxylic acid groups (broad SMARTS) is 1. The summed E-state index contributed by atoms with van der Waals surface area (Å²) in [5.74, 6) is 0.889. The van der Waals surface area contributed by atoms with E-state index < -0.39 is 12.0 Å². The Kier molecular flexibility index (Phi) is 3.74. The summed E-state index contributed by atoms with van der Waals surface area (Å²) in [4.78, 5) is 15.3. The minimum Gasteiger partial charge on any atom is -0.480 e. The molecule has 0 bridgehead atoms. The molecule has 0 saturated carbocycles. The molecule has 1 aromatic rings. The van der Waals surface area contributed by atoms with E-state index in [9.17, 15) is 9.90 Å². The lowest BCUT2D eigenvalue weighted by Gasteiger charge is -2.36. The third-order valence-electron chi connectivity index (χ3n) is 4.13. The van der Waals surface area contributed by atoms with Gasteiger partial charge in [0.2, 0.25) is 0 Å². The van der Waals surface area contributed by atoms with Gasteiger partial charge in [0.25, 0.3) is 0 Å². The van der Waals surface area contributed by atoms with Crippen LogP contribution in [0.15, 0.2) is 46.7 Å². The molecule has 3 aliphatic rings. The molecule has 3 aliphatic heterocycles. The van der Waals surface area contributed by atoms with E-state index >= 15 is 0 Å². The highest BCUT2D eigenvalue weighted by molar-refractivity contribution is 8.13. The van der Waals surface area contributed by atoms with Gasteiger partial charge in [-0.05, 0) is 12.5 Å². The van der Waals surface area contributed by atoms with Gasteiger partial charge in [-0.15, -0.1) is 5.10 Å². The van der Waals surface area contributed by atoms with Crippen molar-refractivity contribution in [2.45, 2.75) is 18.3 Å². The molecule has 120 valence electrons. The highest BCUT2D eigenvalue weighted by atomic mass is 32.2. The van der Waals surface area contributed by atoms with Crippen LogP contribution in [0.3, 0.4) is 0 Å². The lowest BCUT2D eigenvalue weighted by Crippen LogP contribution is -2.49. The maximum Gasteiger partial charge on any atom is 0.320 e. The van der Waals surface area contributed by atoms with Gasteiger partial charge in [-0.3, -0.25) is 14.6 Å². The summed E-state index contributed by atoms with van der Waals surface area (Å²) in [7, 11) is 0. The maximum atomic E-state index is 11.2. The van der Waals surface area contributed by atoms with Crippen molar-refractivity contribution in [3.8, 4) is 0 Å². The third-order valence-corrected chi connectivity index (χ3v) is 6.23. The zero-order chi connectivity index (χ0) is 16.0. The maximum absolute atomic E-state index is 11.2. The van der Waals surface area contributed by atoms with Gasteiger partial charge in [-0.1, -0.05) is 53.9 Å². The van der Waals surface area contributed by atoms with Gasteiger partial charge >= 0.3 is 5.97 Å². The topological polar surface area (TPSA) is 59.4 Å². The van der Waals surface area contributed by atoms with Crippen LogP contribution in [0.25, 0.3) is 0 Å². The molecule has 0 radical (unpaired) electrons. The largest absolute Gasteiger partial charge is 0.480 e. The molecule has 0 aromatic heterocycles. The Morgan fingerprint density at radius 2 is 2.17 bits per heavy atom. The molecule has 2 unspecified atom stereocenters. The lowest BCUT2D eigenvalue weighted by molar-refractivity contribution is -0.142. The molecule has 4 rings (SSSR count). The molecule has 2 atom stereocenters. The lowest BCUT2D eigenvalue weighted by atomic mass is 10.2. The summed E-state index contributed by atoms with van der Waals surface area (Å²) in [6, 6.07) is 9.80. The van der Waals surface area contributed by atoms with Gasteiger partial charge in [0.15, 0.2) is 5.17 Å². The van der Waals surface area contributed by atoms with E-state index in [2.05, 4.69) is 22.4 Å². The molecule has 6 nitrogen and oxygen atoms in total. The van der Waals surface area contributed by atoms with Crippen LogP contribution in [0, 0.1) is 0 Å². The zero-order valence-corrected chi connectivity index (χ0v) is 14.1. The van der Waals surface area contributed by atoms with Crippen molar-refractivity contribution in [2.75, 3.05) is 12.5 Å². The number of thioether (sulfide) groups is 2. The Balaban J connectivity index is 1.55. The van der Waals surface area contributed by atoms with E-state index in [1.807, 2.05) is 28.1 Å². The van der Waals surface area contributed by atoms with Crippen LogP contribution >= 0.6 is 23.5 Å². The first-order chi connectivity index (χ1) is 11.1. The summed E-state index contributed by atoms with van der Waals surface area (Å²) >= 11 is 3.32. The van der Waals surface area contributed by atoms with Crippen LogP contribution in [0.5, 0.6) is 0 Å². The number of rotatable bonds is 3. The second-order valence-corrected chi connectivity index (χ2v) is 7.41. The zero-order valence-electron chi connectivity index (χ0n) is 12.5.